The van der Waals surface area contributed by atoms with E-state index in [2.05, 4.69) is 170 Å². The van der Waals surface area contributed by atoms with Gasteiger partial charge < -0.3 is 30.9 Å². The summed E-state index contributed by atoms with van der Waals surface area (Å²) >= 11 is 0. The van der Waals surface area contributed by atoms with E-state index in [1.807, 2.05) is 0 Å². The van der Waals surface area contributed by atoms with Crippen LogP contribution in [-0.4, -0.2) is 104 Å². The van der Waals surface area contributed by atoms with Crippen molar-refractivity contribution in [1.82, 2.24) is 31.1 Å². The van der Waals surface area contributed by atoms with Gasteiger partial charge in [-0.25, -0.2) is 0 Å². The number of carbonyl (C=O) groups excluding carboxylic acids is 3. The van der Waals surface area contributed by atoms with E-state index in [1.165, 1.54) is 0 Å². The van der Waals surface area contributed by atoms with Gasteiger partial charge in [0.15, 0.2) is 0 Å². The lowest BCUT2D eigenvalue weighted by molar-refractivity contribution is -0.123. The molecule has 5 N–H and O–H groups in total. The van der Waals surface area contributed by atoms with Gasteiger partial charge in [0.2, 0.25) is 17.7 Å². The van der Waals surface area contributed by atoms with Gasteiger partial charge >= 0.3 is 0 Å². The van der Waals surface area contributed by atoms with E-state index in [0.29, 0.717) is 91.1 Å². The topological polar surface area (TPSA) is 126 Å². The molecule has 0 aromatic carbocycles. The molecule has 60 heavy (non-hydrogen) atoms. The zero-order valence-corrected chi connectivity index (χ0v) is 43.4. The smallest absolute Gasteiger partial charge is 0.221 e. The van der Waals surface area contributed by atoms with Crippen LogP contribution in [0.1, 0.15) is 190 Å². The average molecular weight is 851 g/mol. The first-order valence-corrected chi connectivity index (χ1v) is 23.4. The predicted molar refractivity (Wildman–Crippen MR) is 256 cm³/mol. The molecule has 0 fully saturated rings. The van der Waals surface area contributed by atoms with E-state index in [-0.39, 0.29) is 61.0 Å². The number of aliphatic hydroxyl groups excluding tert-OH is 1. The summed E-state index contributed by atoms with van der Waals surface area (Å²) in [4.78, 5) is 44.2. The Hall–Kier alpha value is -1.75. The molecule has 0 aromatic rings. The zero-order chi connectivity index (χ0) is 47.0. The van der Waals surface area contributed by atoms with E-state index in [9.17, 15) is 19.5 Å². The molecule has 1 unspecified atom stereocenters. The molecule has 0 heterocycles. The van der Waals surface area contributed by atoms with Crippen molar-refractivity contribution < 1.29 is 19.5 Å². The highest BCUT2D eigenvalue weighted by atomic mass is 16.3. The Morgan fingerprint density at radius 1 is 0.400 bits per heavy atom. The van der Waals surface area contributed by atoms with Crippen molar-refractivity contribution in [2.75, 3.05) is 65.4 Å². The van der Waals surface area contributed by atoms with Gasteiger partial charge in [0.05, 0.1) is 0 Å². The van der Waals surface area contributed by atoms with Crippen LogP contribution in [0.3, 0.4) is 0 Å². The minimum atomic E-state index is -0.674. The lowest BCUT2D eigenvalue weighted by atomic mass is 9.76. The molecule has 0 bridgehead atoms. The molecule has 3 amide bonds. The molecule has 0 saturated heterocycles. The minimum absolute atomic E-state index is 0.0156. The standard InChI is InChI=1S/C50H102N6O4/c1-43(2,3)31-47(13,14)35-51-39(57)21-25-55(26-22-40(58)52-36-48(15,16)32-44(4,5)6)29-30-56(27-23-41(59)53-37-49(17,18)33-45(7,8)9)28-24-42(60)54-38-50(19,20)34-46(10,11)12/h39,51,57H,21-38H2,1-20H3,(H,52,58)(H,53,59)(H,54,60). The van der Waals surface area contributed by atoms with Gasteiger partial charge in [-0.1, -0.05) is 138 Å². The van der Waals surface area contributed by atoms with Crippen molar-refractivity contribution in [2.45, 2.75) is 196 Å². The first kappa shape index (κ1) is 58.2. The minimum Gasteiger partial charge on any atom is -0.379 e. The van der Waals surface area contributed by atoms with E-state index >= 15 is 0 Å². The van der Waals surface area contributed by atoms with Gasteiger partial charge in [0.25, 0.3) is 0 Å². The summed E-state index contributed by atoms with van der Waals surface area (Å²) in [6.07, 6.45) is 4.90. The summed E-state index contributed by atoms with van der Waals surface area (Å²) in [5, 5.41) is 24.0. The van der Waals surface area contributed by atoms with E-state index < -0.39 is 6.23 Å². The van der Waals surface area contributed by atoms with Crippen LogP contribution in [0.25, 0.3) is 0 Å². The maximum atomic E-state index is 13.2. The molecule has 1 atom stereocenters. The Balaban J connectivity index is 5.95. The number of nitrogens with zero attached hydrogens (tertiary/aromatic N) is 2. The van der Waals surface area contributed by atoms with E-state index in [0.717, 1.165) is 25.7 Å². The Kier molecular flexibility index (Phi) is 23.6. The average Bonchev–Trinajstić information content (AvgIpc) is 3.00. The molecular weight excluding hydrogens is 749 g/mol. The largest absolute Gasteiger partial charge is 0.379 e. The zero-order valence-electron chi connectivity index (χ0n) is 43.4. The molecule has 0 saturated carbocycles. The molecule has 0 aromatic heterocycles. The number of amides is 3. The molecule has 356 valence electrons. The second-order valence-corrected chi connectivity index (χ2v) is 26.6. The second-order valence-electron chi connectivity index (χ2n) is 26.6. The fraction of sp³-hybridized carbons (Fsp3) is 0.940. The Morgan fingerprint density at radius 3 is 0.917 bits per heavy atom. The number of rotatable bonds is 28. The Labute approximate surface area is 372 Å². The van der Waals surface area contributed by atoms with Crippen LogP contribution in [0.5, 0.6) is 0 Å². The van der Waals surface area contributed by atoms with Crippen molar-refractivity contribution in [3.63, 3.8) is 0 Å². The van der Waals surface area contributed by atoms with E-state index in [1.54, 1.807) is 0 Å². The highest BCUT2D eigenvalue weighted by Gasteiger charge is 2.29. The van der Waals surface area contributed by atoms with Gasteiger partial charge in [0, 0.05) is 84.7 Å². The van der Waals surface area contributed by atoms with Gasteiger partial charge in [-0.3, -0.25) is 19.7 Å². The number of carbonyl (C=O) groups is 3. The lowest BCUT2D eigenvalue weighted by Crippen LogP contribution is -2.44. The second kappa shape index (κ2) is 24.4. The quantitative estimate of drug-likeness (QED) is 0.0497. The first-order valence-electron chi connectivity index (χ1n) is 23.4. The summed E-state index contributed by atoms with van der Waals surface area (Å²) in [6.45, 7) is 50.5. The fourth-order valence-electron chi connectivity index (χ4n) is 9.81. The summed E-state index contributed by atoms with van der Waals surface area (Å²) in [5.74, 6) is 0.0577. The molecule has 10 heteroatoms. The molecule has 0 radical (unpaired) electrons. The molecule has 0 aliphatic heterocycles. The monoisotopic (exact) mass is 851 g/mol. The molecule has 10 nitrogen and oxygen atoms in total. The third kappa shape index (κ3) is 33.8. The van der Waals surface area contributed by atoms with Crippen molar-refractivity contribution >= 4 is 17.7 Å². The van der Waals surface area contributed by atoms with Crippen LogP contribution in [0.15, 0.2) is 0 Å². The van der Waals surface area contributed by atoms with Crippen LogP contribution in [-0.2, 0) is 14.4 Å². The van der Waals surface area contributed by atoms with Crippen LogP contribution < -0.4 is 21.3 Å². The summed E-state index contributed by atoms with van der Waals surface area (Å²) in [5.41, 5.74) is 0.646. The molecular formula is C50H102N6O4. The van der Waals surface area contributed by atoms with Crippen molar-refractivity contribution in [3.8, 4) is 0 Å². The predicted octanol–water partition coefficient (Wildman–Crippen LogP) is 9.26. The maximum absolute atomic E-state index is 13.2. The normalized spacial score (nSPS) is 14.4. The number of aliphatic hydroxyl groups is 1. The number of nitrogens with one attached hydrogen (secondary N) is 4. The molecule has 0 rings (SSSR count). The van der Waals surface area contributed by atoms with Crippen molar-refractivity contribution in [2.24, 2.45) is 43.3 Å². The van der Waals surface area contributed by atoms with Gasteiger partial charge in [-0.05, 0) is 75.4 Å². The number of hydrogen-bond acceptors (Lipinski definition) is 7. The summed E-state index contributed by atoms with van der Waals surface area (Å²) in [7, 11) is 0. The Morgan fingerprint density at radius 2 is 0.650 bits per heavy atom. The third-order valence-corrected chi connectivity index (χ3v) is 10.6. The van der Waals surface area contributed by atoms with Crippen LogP contribution in [0, 0.1) is 43.3 Å². The molecule has 0 aliphatic carbocycles. The van der Waals surface area contributed by atoms with Crippen molar-refractivity contribution in [3.05, 3.63) is 0 Å². The third-order valence-electron chi connectivity index (χ3n) is 10.6. The molecule has 0 aliphatic rings. The number of hydrogen-bond donors (Lipinski definition) is 5. The highest BCUT2D eigenvalue weighted by Crippen LogP contribution is 2.35. The maximum Gasteiger partial charge on any atom is 0.221 e. The van der Waals surface area contributed by atoms with E-state index in [4.69, 9.17) is 0 Å². The molecule has 0 spiro atoms. The highest BCUT2D eigenvalue weighted by molar-refractivity contribution is 5.77. The SMILES string of the molecule is CC(C)(C)CC(C)(C)CNC(=O)CCN(CCC(=O)NCC(C)(C)CC(C)(C)C)CCN(CCC(=O)NCC(C)(C)CC(C)(C)C)CCC(O)NCC(C)(C)CC(C)(C)C. The van der Waals surface area contributed by atoms with Crippen LogP contribution >= 0.6 is 0 Å². The lowest BCUT2D eigenvalue weighted by Gasteiger charge is -2.34. The summed E-state index contributed by atoms with van der Waals surface area (Å²) in [6, 6.07) is 0. The van der Waals surface area contributed by atoms with Gasteiger partial charge in [-0.15, -0.1) is 0 Å². The van der Waals surface area contributed by atoms with Gasteiger partial charge in [0.1, 0.15) is 6.23 Å². The van der Waals surface area contributed by atoms with Crippen LogP contribution in [0.4, 0.5) is 0 Å². The summed E-state index contributed by atoms with van der Waals surface area (Å²) < 4.78 is 0. The fourth-order valence-corrected chi connectivity index (χ4v) is 9.81. The Bertz CT molecular complexity index is 1220. The van der Waals surface area contributed by atoms with Gasteiger partial charge in [-0.2, -0.15) is 0 Å². The first-order chi connectivity index (χ1) is 26.8. The van der Waals surface area contributed by atoms with Crippen LogP contribution in [0.2, 0.25) is 0 Å². The van der Waals surface area contributed by atoms with Crippen molar-refractivity contribution in [1.29, 1.82) is 0 Å².